The van der Waals surface area contributed by atoms with Crippen LogP contribution in [0.5, 0.6) is 0 Å². The molecule has 0 saturated carbocycles. The van der Waals surface area contributed by atoms with Crippen molar-refractivity contribution in [2.75, 3.05) is 25.4 Å². The lowest BCUT2D eigenvalue weighted by Gasteiger charge is -2.47. The average molecular weight is 468 g/mol. The van der Waals surface area contributed by atoms with Crippen LogP contribution in [0.1, 0.15) is 33.1 Å². The summed E-state index contributed by atoms with van der Waals surface area (Å²) in [4.78, 5) is 53.0. The number of thioether (sulfide) groups is 1. The highest BCUT2D eigenvalue weighted by Gasteiger charge is 2.60. The zero-order valence-electron chi connectivity index (χ0n) is 18.5. The van der Waals surface area contributed by atoms with Crippen LogP contribution in [-0.4, -0.2) is 82.0 Å². The van der Waals surface area contributed by atoms with E-state index in [1.54, 1.807) is 4.90 Å². The number of likely N-dealkylation sites (tertiary alicyclic amines) is 1. The van der Waals surface area contributed by atoms with Gasteiger partial charge in [0.2, 0.25) is 11.8 Å². The maximum atomic E-state index is 12.9. The molecule has 2 saturated heterocycles. The van der Waals surface area contributed by atoms with Crippen molar-refractivity contribution < 1.29 is 24.3 Å². The lowest BCUT2D eigenvalue weighted by atomic mass is 9.73. The van der Waals surface area contributed by atoms with Crippen molar-refractivity contribution in [1.29, 1.82) is 0 Å². The SMILES string of the molecule is C[C@@H](CC(=O)CCN)[C@H]1C(=O)N2C(C(=O)O)=C(SC[C@H](N)C(=O)N3CC[C@@H](N)C3)[C@H](C)[C@H]12. The molecular weight excluding hydrogens is 434 g/mol. The van der Waals surface area contributed by atoms with Gasteiger partial charge in [0.1, 0.15) is 11.5 Å². The van der Waals surface area contributed by atoms with Gasteiger partial charge in [-0.15, -0.1) is 11.8 Å². The van der Waals surface area contributed by atoms with E-state index in [-0.39, 0.29) is 72.4 Å². The molecule has 0 radical (unpaired) electrons. The number of carboxylic acid groups (broad SMARTS) is 1. The number of ketones is 1. The van der Waals surface area contributed by atoms with Gasteiger partial charge in [-0.2, -0.15) is 0 Å². The number of β-lactam (4-membered cyclic amide) rings is 1. The quantitative estimate of drug-likeness (QED) is 0.304. The molecule has 3 rings (SSSR count). The molecule has 3 heterocycles. The molecule has 178 valence electrons. The van der Waals surface area contributed by atoms with Gasteiger partial charge in [0.15, 0.2) is 0 Å². The highest BCUT2D eigenvalue weighted by Crippen LogP contribution is 2.52. The van der Waals surface area contributed by atoms with Crippen LogP contribution in [0.15, 0.2) is 10.6 Å². The van der Waals surface area contributed by atoms with Crippen molar-refractivity contribution in [1.82, 2.24) is 9.80 Å². The topological polar surface area (TPSA) is 173 Å². The number of nitrogens with two attached hydrogens (primary N) is 3. The molecule has 32 heavy (non-hydrogen) atoms. The van der Waals surface area contributed by atoms with Crippen molar-refractivity contribution in [3.63, 3.8) is 0 Å². The van der Waals surface area contributed by atoms with Gasteiger partial charge in [0.25, 0.3) is 0 Å². The Labute approximate surface area is 191 Å². The lowest BCUT2D eigenvalue weighted by Crippen LogP contribution is -2.62. The fourth-order valence-electron chi connectivity index (χ4n) is 5.03. The number of aliphatic carboxylic acids is 1. The average Bonchev–Trinajstić information content (AvgIpc) is 3.25. The minimum absolute atomic E-state index is 0.00373. The Morgan fingerprint density at radius 2 is 2.00 bits per heavy atom. The minimum Gasteiger partial charge on any atom is -0.477 e. The van der Waals surface area contributed by atoms with E-state index in [9.17, 15) is 24.3 Å². The number of carbonyl (C=O) groups excluding carboxylic acids is 3. The number of rotatable bonds is 10. The van der Waals surface area contributed by atoms with Crippen molar-refractivity contribution in [2.24, 2.45) is 35.0 Å². The third kappa shape index (κ3) is 4.57. The summed E-state index contributed by atoms with van der Waals surface area (Å²) >= 11 is 1.23. The third-order valence-corrected chi connectivity index (χ3v) is 8.05. The van der Waals surface area contributed by atoms with Gasteiger partial charge in [0, 0.05) is 48.5 Å². The van der Waals surface area contributed by atoms with E-state index in [2.05, 4.69) is 0 Å². The van der Waals surface area contributed by atoms with Crippen molar-refractivity contribution in [2.45, 2.75) is 51.2 Å². The summed E-state index contributed by atoms with van der Waals surface area (Å²) in [6.45, 7) is 5.05. The number of fused-ring (bicyclic) bond motifs is 1. The van der Waals surface area contributed by atoms with Crippen LogP contribution in [0.3, 0.4) is 0 Å². The zero-order valence-corrected chi connectivity index (χ0v) is 19.3. The Morgan fingerprint density at radius 1 is 1.31 bits per heavy atom. The van der Waals surface area contributed by atoms with Gasteiger partial charge < -0.3 is 32.1 Å². The molecule has 7 N–H and O–H groups in total. The van der Waals surface area contributed by atoms with Crippen LogP contribution >= 0.6 is 11.8 Å². The summed E-state index contributed by atoms with van der Waals surface area (Å²) in [5.41, 5.74) is 17.4. The molecule has 0 aromatic rings. The Hall–Kier alpha value is -1.95. The molecule has 2 amide bonds. The van der Waals surface area contributed by atoms with Crippen molar-refractivity contribution in [3.05, 3.63) is 10.6 Å². The van der Waals surface area contributed by atoms with Gasteiger partial charge in [-0.3, -0.25) is 14.4 Å². The maximum absolute atomic E-state index is 12.9. The first-order chi connectivity index (χ1) is 15.1. The largest absolute Gasteiger partial charge is 0.477 e. The first kappa shape index (κ1) is 24.7. The number of hydrogen-bond donors (Lipinski definition) is 4. The second-order valence-electron chi connectivity index (χ2n) is 9.04. The van der Waals surface area contributed by atoms with Crippen LogP contribution < -0.4 is 17.2 Å². The molecule has 0 aromatic carbocycles. The number of Topliss-reactive ketones (excluding diaryl/α,β-unsaturated/α-hetero) is 1. The standard InChI is InChI=1S/C21H33N5O5S/c1-10(7-13(27)3-5-22)15-16-11(2)18(17(21(30)31)26(16)20(15)29)32-9-14(24)19(28)25-6-4-12(23)8-25/h10-12,14-16H,3-9,22-24H2,1-2H3,(H,30,31)/t10-,11+,12+,14-,15+,16+/m0/s1. The highest BCUT2D eigenvalue weighted by atomic mass is 32.2. The predicted octanol–water partition coefficient (Wildman–Crippen LogP) is -0.676. The molecule has 0 bridgehead atoms. The maximum Gasteiger partial charge on any atom is 0.353 e. The van der Waals surface area contributed by atoms with E-state index < -0.39 is 17.9 Å². The Balaban J connectivity index is 1.69. The monoisotopic (exact) mass is 467 g/mol. The Kier molecular flexibility index (Phi) is 7.64. The summed E-state index contributed by atoms with van der Waals surface area (Å²) in [6.07, 6.45) is 1.25. The van der Waals surface area contributed by atoms with E-state index >= 15 is 0 Å². The van der Waals surface area contributed by atoms with Crippen LogP contribution in [-0.2, 0) is 19.2 Å². The third-order valence-electron chi connectivity index (χ3n) is 6.65. The van der Waals surface area contributed by atoms with Gasteiger partial charge in [-0.1, -0.05) is 13.8 Å². The van der Waals surface area contributed by atoms with Crippen LogP contribution in [0.25, 0.3) is 0 Å². The number of amides is 2. The normalized spacial score (nSPS) is 29.1. The smallest absolute Gasteiger partial charge is 0.353 e. The second-order valence-corrected chi connectivity index (χ2v) is 10.1. The molecule has 2 fully saturated rings. The lowest BCUT2D eigenvalue weighted by molar-refractivity contribution is -0.160. The molecule has 6 atom stereocenters. The molecule has 0 unspecified atom stereocenters. The van der Waals surface area contributed by atoms with Gasteiger partial charge >= 0.3 is 5.97 Å². The second kappa shape index (κ2) is 9.90. The summed E-state index contributed by atoms with van der Waals surface area (Å²) in [5.74, 6) is -2.26. The fourth-order valence-corrected chi connectivity index (χ4v) is 6.25. The molecule has 3 aliphatic heterocycles. The first-order valence-electron chi connectivity index (χ1n) is 11.0. The van der Waals surface area contributed by atoms with E-state index in [0.717, 1.165) is 6.42 Å². The first-order valence-corrected chi connectivity index (χ1v) is 12.0. The molecule has 0 spiro atoms. The highest BCUT2D eigenvalue weighted by molar-refractivity contribution is 8.03. The molecule has 0 aliphatic carbocycles. The summed E-state index contributed by atoms with van der Waals surface area (Å²) in [7, 11) is 0. The molecule has 11 heteroatoms. The van der Waals surface area contributed by atoms with Crippen LogP contribution in [0, 0.1) is 17.8 Å². The summed E-state index contributed by atoms with van der Waals surface area (Å²) < 4.78 is 0. The fraction of sp³-hybridized carbons (Fsp3) is 0.714. The molecule has 3 aliphatic rings. The van der Waals surface area contributed by atoms with Gasteiger partial charge in [-0.25, -0.2) is 4.79 Å². The number of hydrogen-bond acceptors (Lipinski definition) is 8. The minimum atomic E-state index is -1.18. The van der Waals surface area contributed by atoms with Crippen molar-refractivity contribution >= 4 is 35.3 Å². The van der Waals surface area contributed by atoms with Gasteiger partial charge in [-0.05, 0) is 18.9 Å². The van der Waals surface area contributed by atoms with Gasteiger partial charge in [0.05, 0.1) is 18.0 Å². The van der Waals surface area contributed by atoms with Crippen molar-refractivity contribution in [3.8, 4) is 0 Å². The number of carboxylic acids is 1. The predicted molar refractivity (Wildman–Crippen MR) is 120 cm³/mol. The van der Waals surface area contributed by atoms with E-state index in [4.69, 9.17) is 17.2 Å². The Bertz CT molecular complexity index is 833. The molecule has 0 aromatic heterocycles. The summed E-state index contributed by atoms with van der Waals surface area (Å²) in [5, 5.41) is 9.80. The Morgan fingerprint density at radius 3 is 2.56 bits per heavy atom. The van der Waals surface area contributed by atoms with E-state index in [1.807, 2.05) is 13.8 Å². The van der Waals surface area contributed by atoms with Crippen LogP contribution in [0.2, 0.25) is 0 Å². The number of nitrogens with zero attached hydrogens (tertiary/aromatic N) is 2. The molecule has 10 nitrogen and oxygen atoms in total. The zero-order chi connectivity index (χ0) is 23.7. The molecular formula is C21H33N5O5S. The summed E-state index contributed by atoms with van der Waals surface area (Å²) in [6, 6.07) is -1.13. The van der Waals surface area contributed by atoms with Crippen LogP contribution in [0.4, 0.5) is 0 Å². The van der Waals surface area contributed by atoms with E-state index in [1.165, 1.54) is 16.7 Å². The number of carbonyl (C=O) groups is 4. The van der Waals surface area contributed by atoms with E-state index in [0.29, 0.717) is 18.0 Å².